The Balaban J connectivity index is 1.77. The molecule has 1 saturated carbocycles. The average Bonchev–Trinajstić information content (AvgIpc) is 3.07. The van der Waals surface area contributed by atoms with Crippen molar-refractivity contribution in [1.82, 2.24) is 0 Å². The molecule has 1 aliphatic rings. The maximum Gasteiger partial charge on any atom is 0.308 e. The van der Waals surface area contributed by atoms with Crippen LogP contribution in [0.3, 0.4) is 0 Å². The van der Waals surface area contributed by atoms with Crippen molar-refractivity contribution in [3.8, 4) is 0 Å². The molecule has 1 aromatic carbocycles. The average molecular weight is 283 g/mol. The molecule has 0 heterocycles. The molecule has 0 amide bonds. The van der Waals surface area contributed by atoms with E-state index in [0.29, 0.717) is 5.92 Å². The van der Waals surface area contributed by atoms with E-state index in [0.717, 1.165) is 23.7 Å². The van der Waals surface area contributed by atoms with Gasteiger partial charge in [0.05, 0.1) is 13.0 Å². The molecule has 2 atom stereocenters. The summed E-state index contributed by atoms with van der Waals surface area (Å²) in [5, 5.41) is 0. The molecule has 0 bridgehead atoms. The molecule has 0 aromatic heterocycles. The summed E-state index contributed by atoms with van der Waals surface area (Å²) in [5.74, 6) is 0.664. The van der Waals surface area contributed by atoms with E-state index in [1.807, 2.05) is 0 Å². The minimum Gasteiger partial charge on any atom is -0.469 e. The van der Waals surface area contributed by atoms with Gasteiger partial charge < -0.3 is 4.74 Å². The molecule has 0 spiro atoms. The number of carbonyl (C=O) groups is 1. The molecule has 2 nitrogen and oxygen atoms in total. The second kappa shape index (κ2) is 5.00. The van der Waals surface area contributed by atoms with Crippen LogP contribution < -0.4 is 0 Å². The number of halogens is 1. The number of rotatable bonds is 4. The summed E-state index contributed by atoms with van der Waals surface area (Å²) < 4.78 is 5.83. The first-order chi connectivity index (χ1) is 7.70. The zero-order chi connectivity index (χ0) is 11.5. The van der Waals surface area contributed by atoms with E-state index in [4.69, 9.17) is 4.74 Å². The zero-order valence-corrected chi connectivity index (χ0v) is 10.9. The van der Waals surface area contributed by atoms with E-state index < -0.39 is 0 Å². The first-order valence-electron chi connectivity index (χ1n) is 5.53. The largest absolute Gasteiger partial charge is 0.469 e. The Morgan fingerprint density at radius 2 is 2.12 bits per heavy atom. The molecule has 3 heteroatoms. The summed E-state index contributed by atoms with van der Waals surface area (Å²) in [7, 11) is 1.46. The van der Waals surface area contributed by atoms with Crippen molar-refractivity contribution in [2.45, 2.75) is 19.3 Å². The Morgan fingerprint density at radius 3 is 2.75 bits per heavy atom. The first kappa shape index (κ1) is 11.6. The summed E-state index contributed by atoms with van der Waals surface area (Å²) >= 11 is 3.41. The number of esters is 1. The van der Waals surface area contributed by atoms with Crippen molar-refractivity contribution in [2.24, 2.45) is 11.8 Å². The number of methoxy groups -OCH3 is 1. The second-order valence-corrected chi connectivity index (χ2v) is 5.21. The van der Waals surface area contributed by atoms with Crippen LogP contribution in [0.1, 0.15) is 18.4 Å². The van der Waals surface area contributed by atoms with Crippen LogP contribution in [-0.4, -0.2) is 13.1 Å². The van der Waals surface area contributed by atoms with Crippen molar-refractivity contribution < 1.29 is 9.53 Å². The normalized spacial score (nSPS) is 22.9. The van der Waals surface area contributed by atoms with Gasteiger partial charge in [-0.2, -0.15) is 0 Å². The molecule has 1 fully saturated rings. The number of hydrogen-bond donors (Lipinski definition) is 0. The van der Waals surface area contributed by atoms with Crippen molar-refractivity contribution in [1.29, 1.82) is 0 Å². The van der Waals surface area contributed by atoms with Gasteiger partial charge >= 0.3 is 5.97 Å². The highest BCUT2D eigenvalue weighted by Crippen LogP contribution is 2.42. The first-order valence-corrected chi connectivity index (χ1v) is 6.32. The van der Waals surface area contributed by atoms with Crippen molar-refractivity contribution in [2.75, 3.05) is 7.11 Å². The fraction of sp³-hybridized carbons (Fsp3) is 0.462. The Labute approximate surface area is 104 Å². The summed E-state index contributed by atoms with van der Waals surface area (Å²) in [6.07, 6.45) is 3.13. The topological polar surface area (TPSA) is 26.3 Å². The summed E-state index contributed by atoms with van der Waals surface area (Å²) in [6.45, 7) is 0. The molecule has 0 radical (unpaired) electrons. The molecule has 0 saturated heterocycles. The van der Waals surface area contributed by atoms with Gasteiger partial charge in [-0.1, -0.05) is 28.1 Å². The fourth-order valence-electron chi connectivity index (χ4n) is 2.01. The van der Waals surface area contributed by atoms with Gasteiger partial charge in [0.25, 0.3) is 0 Å². The number of hydrogen-bond acceptors (Lipinski definition) is 2. The van der Waals surface area contributed by atoms with E-state index in [-0.39, 0.29) is 11.9 Å². The zero-order valence-electron chi connectivity index (χ0n) is 9.28. The highest BCUT2D eigenvalue weighted by atomic mass is 79.9. The SMILES string of the molecule is COC(=O)C1CC1CCc1ccc(Br)cc1. The molecular weight excluding hydrogens is 268 g/mol. The van der Waals surface area contributed by atoms with Crippen LogP contribution in [-0.2, 0) is 16.0 Å². The maximum atomic E-state index is 11.2. The molecule has 2 unspecified atom stereocenters. The van der Waals surface area contributed by atoms with Crippen LogP contribution in [0.4, 0.5) is 0 Å². The molecule has 1 aromatic rings. The third-order valence-corrected chi connectivity index (χ3v) is 3.67. The molecule has 0 aliphatic heterocycles. The molecule has 1 aliphatic carbocycles. The van der Waals surface area contributed by atoms with E-state index in [2.05, 4.69) is 40.2 Å². The van der Waals surface area contributed by atoms with Gasteiger partial charge in [-0.3, -0.25) is 4.79 Å². The third-order valence-electron chi connectivity index (χ3n) is 3.14. The number of benzene rings is 1. The maximum absolute atomic E-state index is 11.2. The van der Waals surface area contributed by atoms with E-state index in [9.17, 15) is 4.79 Å². The smallest absolute Gasteiger partial charge is 0.308 e. The van der Waals surface area contributed by atoms with Gasteiger partial charge in [0.1, 0.15) is 0 Å². The Kier molecular flexibility index (Phi) is 3.64. The van der Waals surface area contributed by atoms with Crippen LogP contribution in [0.2, 0.25) is 0 Å². The molecule has 86 valence electrons. The van der Waals surface area contributed by atoms with Crippen LogP contribution in [0.15, 0.2) is 28.7 Å². The second-order valence-electron chi connectivity index (χ2n) is 4.29. The number of aryl methyl sites for hydroxylation is 1. The highest BCUT2D eigenvalue weighted by Gasteiger charge is 2.43. The van der Waals surface area contributed by atoms with Crippen LogP contribution in [0.5, 0.6) is 0 Å². The standard InChI is InChI=1S/C13H15BrO2/c1-16-13(15)12-8-10(12)5-2-9-3-6-11(14)7-4-9/h3-4,6-7,10,12H,2,5,8H2,1H3. The molecule has 16 heavy (non-hydrogen) atoms. The minimum atomic E-state index is -0.0409. The fourth-order valence-corrected chi connectivity index (χ4v) is 2.27. The molecular formula is C13H15BrO2. The lowest BCUT2D eigenvalue weighted by Gasteiger charge is -2.01. The van der Waals surface area contributed by atoms with Gasteiger partial charge in [-0.15, -0.1) is 0 Å². The lowest BCUT2D eigenvalue weighted by Crippen LogP contribution is -2.04. The third kappa shape index (κ3) is 2.85. The lowest BCUT2D eigenvalue weighted by atomic mass is 10.1. The number of carbonyl (C=O) groups excluding carboxylic acids is 1. The van der Waals surface area contributed by atoms with Crippen molar-refractivity contribution in [3.05, 3.63) is 34.3 Å². The van der Waals surface area contributed by atoms with E-state index >= 15 is 0 Å². The minimum absolute atomic E-state index is 0.0409. The quantitative estimate of drug-likeness (QED) is 0.793. The monoisotopic (exact) mass is 282 g/mol. The molecule has 0 N–H and O–H groups in total. The lowest BCUT2D eigenvalue weighted by molar-refractivity contribution is -0.142. The van der Waals surface area contributed by atoms with Gasteiger partial charge in [-0.05, 0) is 42.9 Å². The van der Waals surface area contributed by atoms with Gasteiger partial charge in [0.2, 0.25) is 0 Å². The number of ether oxygens (including phenoxy) is 1. The summed E-state index contributed by atoms with van der Waals surface area (Å²) in [5.41, 5.74) is 1.33. The predicted octanol–water partition coefficient (Wildman–Crippen LogP) is 3.19. The van der Waals surface area contributed by atoms with Gasteiger partial charge in [0.15, 0.2) is 0 Å². The van der Waals surface area contributed by atoms with Gasteiger partial charge in [0, 0.05) is 4.47 Å². The van der Waals surface area contributed by atoms with Crippen LogP contribution >= 0.6 is 15.9 Å². The van der Waals surface area contributed by atoms with Crippen molar-refractivity contribution in [3.63, 3.8) is 0 Å². The van der Waals surface area contributed by atoms with Crippen LogP contribution in [0.25, 0.3) is 0 Å². The van der Waals surface area contributed by atoms with E-state index in [1.54, 1.807) is 0 Å². The van der Waals surface area contributed by atoms with Crippen molar-refractivity contribution >= 4 is 21.9 Å². The Hall–Kier alpha value is -0.830. The van der Waals surface area contributed by atoms with Gasteiger partial charge in [-0.25, -0.2) is 0 Å². The molecule has 2 rings (SSSR count). The predicted molar refractivity (Wildman–Crippen MR) is 66.1 cm³/mol. The summed E-state index contributed by atoms with van der Waals surface area (Å²) in [6, 6.07) is 8.36. The van der Waals surface area contributed by atoms with E-state index in [1.165, 1.54) is 12.7 Å². The Morgan fingerprint density at radius 1 is 1.44 bits per heavy atom. The van der Waals surface area contributed by atoms with Crippen LogP contribution in [0, 0.1) is 11.8 Å². The summed E-state index contributed by atoms with van der Waals surface area (Å²) in [4.78, 5) is 11.2. The Bertz CT molecular complexity index is 372. The highest BCUT2D eigenvalue weighted by molar-refractivity contribution is 9.10.